The summed E-state index contributed by atoms with van der Waals surface area (Å²) in [4.78, 5) is 0. The third-order valence-electron chi connectivity index (χ3n) is 5.94. The highest BCUT2D eigenvalue weighted by Crippen LogP contribution is 2.68. The lowest BCUT2D eigenvalue weighted by atomic mass is 9.86. The molecular weight excluding hydrogens is 322 g/mol. The largest absolute Gasteiger partial charge is 0.392 e. The summed E-state index contributed by atoms with van der Waals surface area (Å²) in [5.41, 5.74) is 0. The van der Waals surface area contributed by atoms with Gasteiger partial charge in [0.05, 0.1) is 18.9 Å². The summed E-state index contributed by atoms with van der Waals surface area (Å²) in [6.45, 7) is 1.32. The highest BCUT2D eigenvalue weighted by Gasteiger charge is 2.69. The van der Waals surface area contributed by atoms with Crippen LogP contribution in [-0.4, -0.2) is 21.1 Å². The molecule has 129 valence electrons. The van der Waals surface area contributed by atoms with Crippen molar-refractivity contribution in [2.24, 2.45) is 0 Å². The lowest BCUT2D eigenvalue weighted by Gasteiger charge is -2.52. The average Bonchev–Trinajstić information content (AvgIpc) is 2.45. The summed E-state index contributed by atoms with van der Waals surface area (Å²) < 4.78 is 82.9. The first-order valence-electron chi connectivity index (χ1n) is 8.05. The number of rotatable bonds is 2. The maximum atomic E-state index is 13.8. The van der Waals surface area contributed by atoms with Crippen LogP contribution in [0.25, 0.3) is 0 Å². The van der Waals surface area contributed by atoms with Crippen molar-refractivity contribution in [2.75, 3.05) is 0 Å². The van der Waals surface area contributed by atoms with Crippen LogP contribution in [0.2, 0.25) is 16.6 Å². The molecule has 0 aliphatic heterocycles. The summed E-state index contributed by atoms with van der Waals surface area (Å²) in [5.74, 6) is 0. The molecule has 0 nitrogen and oxygen atoms in total. The Morgan fingerprint density at radius 3 is 1.09 bits per heavy atom. The van der Waals surface area contributed by atoms with E-state index in [0.717, 1.165) is 0 Å². The van der Waals surface area contributed by atoms with Gasteiger partial charge in [0.15, 0.2) is 0 Å². The molecule has 22 heavy (non-hydrogen) atoms. The van der Waals surface area contributed by atoms with Crippen LogP contribution >= 0.6 is 0 Å². The van der Waals surface area contributed by atoms with Crippen LogP contribution < -0.4 is 0 Å². The molecule has 0 unspecified atom stereocenters. The van der Waals surface area contributed by atoms with Crippen LogP contribution in [0.3, 0.4) is 0 Å². The first-order valence-corrected chi connectivity index (χ1v) is 10.0. The smallest absolute Gasteiger partial charge is 0.171 e. The second-order valence-electron chi connectivity index (χ2n) is 6.91. The van der Waals surface area contributed by atoms with Crippen LogP contribution in [0, 0.1) is 0 Å². The van der Waals surface area contributed by atoms with E-state index in [9.17, 15) is 26.3 Å². The van der Waals surface area contributed by atoms with Crippen molar-refractivity contribution in [2.45, 2.75) is 93.2 Å². The summed E-state index contributed by atoms with van der Waals surface area (Å²) in [7, 11) is -2.67. The van der Waals surface area contributed by atoms with Gasteiger partial charge < -0.3 is 0 Å². The molecule has 0 heterocycles. The molecule has 2 fully saturated rings. The highest BCUT2D eigenvalue weighted by molar-refractivity contribution is 6.65. The van der Waals surface area contributed by atoms with Gasteiger partial charge in [0.2, 0.25) is 0 Å². The molecule has 0 bridgehead atoms. The van der Waals surface area contributed by atoms with Crippen molar-refractivity contribution in [1.29, 1.82) is 0 Å². The minimum atomic E-state index is -4.52. The van der Waals surface area contributed by atoms with Gasteiger partial charge in [-0.05, 0) is 25.7 Å². The molecule has 0 saturated heterocycles. The van der Waals surface area contributed by atoms with Crippen molar-refractivity contribution in [3.05, 3.63) is 0 Å². The van der Waals surface area contributed by atoms with Crippen molar-refractivity contribution in [3.63, 3.8) is 0 Å². The van der Waals surface area contributed by atoms with E-state index in [0.29, 0.717) is 38.5 Å². The van der Waals surface area contributed by atoms with Gasteiger partial charge in [-0.25, -0.2) is 0 Å². The quantitative estimate of drug-likeness (QED) is 0.388. The van der Waals surface area contributed by atoms with Gasteiger partial charge in [-0.3, -0.25) is 0 Å². The van der Waals surface area contributed by atoms with Gasteiger partial charge in [0.1, 0.15) is 0 Å². The van der Waals surface area contributed by atoms with Crippen LogP contribution in [0.4, 0.5) is 26.3 Å². The van der Waals surface area contributed by atoms with Gasteiger partial charge in [-0.2, -0.15) is 26.3 Å². The van der Waals surface area contributed by atoms with Gasteiger partial charge in [0.25, 0.3) is 0 Å². The van der Waals surface area contributed by atoms with Gasteiger partial charge >= 0.3 is 12.4 Å². The first kappa shape index (κ1) is 18.1. The minimum Gasteiger partial charge on any atom is -0.171 e. The van der Waals surface area contributed by atoms with Gasteiger partial charge in [0, 0.05) is 0 Å². The fourth-order valence-corrected chi connectivity index (χ4v) is 8.48. The first-order chi connectivity index (χ1) is 10.1. The molecule has 2 aliphatic rings. The Bertz CT molecular complexity index is 338. The fraction of sp³-hybridized carbons (Fsp3) is 1.00. The number of hydrogen-bond acceptors (Lipinski definition) is 0. The molecular formula is C15H23F6Si. The summed E-state index contributed by atoms with van der Waals surface area (Å²) in [6.07, 6.45) is -6.50. The zero-order valence-corrected chi connectivity index (χ0v) is 13.8. The van der Waals surface area contributed by atoms with Crippen LogP contribution in [-0.2, 0) is 0 Å². The van der Waals surface area contributed by atoms with Crippen LogP contribution in [0.1, 0.15) is 64.2 Å². The van der Waals surface area contributed by atoms with Gasteiger partial charge in [-0.1, -0.05) is 45.1 Å². The van der Waals surface area contributed by atoms with E-state index < -0.39 is 31.2 Å². The Kier molecular flexibility index (Phi) is 4.96. The SMILES string of the molecule is C[Si](C1(C(F)(F)F)CCCCC1)C1(C(F)(F)F)CCCCC1. The lowest BCUT2D eigenvalue weighted by molar-refractivity contribution is -0.191. The number of hydrogen-bond donors (Lipinski definition) is 0. The van der Waals surface area contributed by atoms with Crippen molar-refractivity contribution in [1.82, 2.24) is 0 Å². The third kappa shape index (κ3) is 2.82. The highest BCUT2D eigenvalue weighted by atomic mass is 28.3. The Labute approximate surface area is 129 Å². The van der Waals surface area contributed by atoms with Crippen molar-refractivity contribution < 1.29 is 26.3 Å². The van der Waals surface area contributed by atoms with E-state index in [2.05, 4.69) is 0 Å². The molecule has 0 spiro atoms. The Morgan fingerprint density at radius 1 is 0.591 bits per heavy atom. The predicted octanol–water partition coefficient (Wildman–Crippen LogP) is 6.64. The Hall–Kier alpha value is -0.203. The zero-order chi connectivity index (χ0) is 16.6. The molecule has 2 aliphatic carbocycles. The fourth-order valence-electron chi connectivity index (χ4n) is 4.51. The maximum Gasteiger partial charge on any atom is 0.392 e. The Balaban J connectivity index is 2.45. The summed E-state index contributed by atoms with van der Waals surface area (Å²) in [6, 6.07) is 0. The molecule has 0 N–H and O–H groups in total. The monoisotopic (exact) mass is 345 g/mol. The second-order valence-corrected chi connectivity index (χ2v) is 10.1. The van der Waals surface area contributed by atoms with Crippen molar-refractivity contribution in [3.8, 4) is 0 Å². The second kappa shape index (κ2) is 6.02. The Morgan fingerprint density at radius 2 is 0.864 bits per heavy atom. The van der Waals surface area contributed by atoms with E-state index in [1.807, 2.05) is 0 Å². The molecule has 0 aromatic rings. The maximum absolute atomic E-state index is 13.8. The van der Waals surface area contributed by atoms with E-state index in [-0.39, 0.29) is 25.7 Å². The van der Waals surface area contributed by atoms with Gasteiger partial charge in [-0.15, -0.1) is 0 Å². The summed E-state index contributed by atoms with van der Waals surface area (Å²) in [5, 5.41) is -4.13. The van der Waals surface area contributed by atoms with E-state index in [1.54, 1.807) is 0 Å². The topological polar surface area (TPSA) is 0 Å². The van der Waals surface area contributed by atoms with Crippen LogP contribution in [0.5, 0.6) is 0 Å². The zero-order valence-electron chi connectivity index (χ0n) is 12.8. The van der Waals surface area contributed by atoms with E-state index in [1.165, 1.54) is 6.55 Å². The van der Waals surface area contributed by atoms with E-state index >= 15 is 0 Å². The van der Waals surface area contributed by atoms with Crippen molar-refractivity contribution >= 4 is 8.80 Å². The van der Waals surface area contributed by atoms with Crippen LogP contribution in [0.15, 0.2) is 0 Å². The standard InChI is InChI=1S/C15H23F6Si/c1-22(12(14(16,17)18)8-4-2-5-9-12)13(15(19,20)21)10-6-3-7-11-13/h2-11H2,1H3. The third-order valence-corrected chi connectivity index (χ3v) is 10.4. The molecule has 0 aromatic heterocycles. The molecule has 2 rings (SSSR count). The molecule has 0 aromatic carbocycles. The molecule has 0 amide bonds. The van der Waals surface area contributed by atoms with E-state index in [4.69, 9.17) is 0 Å². The molecule has 2 saturated carbocycles. The average molecular weight is 345 g/mol. The predicted molar refractivity (Wildman–Crippen MR) is 75.3 cm³/mol. The normalized spacial score (nSPS) is 26.2. The lowest BCUT2D eigenvalue weighted by Crippen LogP contribution is -2.55. The number of halogens is 6. The molecule has 7 heteroatoms. The summed E-state index contributed by atoms with van der Waals surface area (Å²) >= 11 is 0. The molecule has 0 atom stereocenters. The minimum absolute atomic E-state index is 0.112. The number of alkyl halides is 6. The molecule has 1 radical (unpaired) electrons.